The summed E-state index contributed by atoms with van der Waals surface area (Å²) in [6.45, 7) is 3.50. The van der Waals surface area contributed by atoms with Gasteiger partial charge in [-0.2, -0.15) is 0 Å². The van der Waals surface area contributed by atoms with E-state index in [1.165, 1.54) is 11.8 Å². The Hall–Kier alpha value is -2.93. The molecule has 0 saturated carbocycles. The van der Waals surface area contributed by atoms with Crippen molar-refractivity contribution in [3.05, 3.63) is 59.1 Å². The summed E-state index contributed by atoms with van der Waals surface area (Å²) in [4.78, 5) is 24.1. The van der Waals surface area contributed by atoms with Gasteiger partial charge in [0.1, 0.15) is 0 Å². The van der Waals surface area contributed by atoms with Crippen LogP contribution in [0.1, 0.15) is 16.1 Å². The van der Waals surface area contributed by atoms with Gasteiger partial charge in [0.25, 0.3) is 5.91 Å². The van der Waals surface area contributed by atoms with Gasteiger partial charge in [0, 0.05) is 61.9 Å². The molecule has 2 aromatic heterocycles. The molecule has 4 rings (SSSR count). The number of nitrogens with one attached hydrogen (secondary N) is 2. The lowest BCUT2D eigenvalue weighted by atomic mass is 10.1. The van der Waals surface area contributed by atoms with Crippen molar-refractivity contribution in [1.82, 2.24) is 20.1 Å². The number of furan rings is 1. The highest BCUT2D eigenvalue weighted by Gasteiger charge is 2.25. The fourth-order valence-corrected chi connectivity index (χ4v) is 3.85. The van der Waals surface area contributed by atoms with Gasteiger partial charge >= 0.3 is 0 Å². The Balaban J connectivity index is 1.30. The number of aliphatic imine (C=N–C) groups is 1. The Kier molecular flexibility index (Phi) is 5.76. The number of hydrogen-bond donors (Lipinski definition) is 2. The van der Waals surface area contributed by atoms with Crippen molar-refractivity contribution < 1.29 is 9.21 Å². The summed E-state index contributed by atoms with van der Waals surface area (Å²) < 4.78 is 5.22. The van der Waals surface area contributed by atoms with E-state index in [1.54, 1.807) is 19.2 Å². The van der Waals surface area contributed by atoms with Crippen molar-refractivity contribution in [2.24, 2.45) is 4.99 Å². The molecule has 1 aromatic carbocycles. The van der Waals surface area contributed by atoms with E-state index >= 15 is 0 Å². The third-order valence-electron chi connectivity index (χ3n) is 5.22. The second kappa shape index (κ2) is 8.61. The molecule has 29 heavy (non-hydrogen) atoms. The van der Waals surface area contributed by atoms with E-state index in [0.717, 1.165) is 47.9 Å². The lowest BCUT2D eigenvalue weighted by Crippen LogP contribution is -2.53. The zero-order valence-corrected chi connectivity index (χ0v) is 17.1. The van der Waals surface area contributed by atoms with E-state index in [9.17, 15) is 4.79 Å². The van der Waals surface area contributed by atoms with Gasteiger partial charge in [0.2, 0.25) is 0 Å². The molecule has 2 N–H and O–H groups in total. The van der Waals surface area contributed by atoms with Gasteiger partial charge in [0.15, 0.2) is 11.7 Å². The van der Waals surface area contributed by atoms with E-state index in [0.29, 0.717) is 18.8 Å². The molecule has 1 amide bonds. The Morgan fingerprint density at radius 3 is 2.76 bits per heavy atom. The molecule has 3 heterocycles. The number of carbonyl (C=O) groups is 1. The first-order valence-electron chi connectivity index (χ1n) is 9.69. The molecule has 8 heteroatoms. The molecule has 1 saturated heterocycles. The van der Waals surface area contributed by atoms with E-state index in [4.69, 9.17) is 16.0 Å². The van der Waals surface area contributed by atoms with Crippen LogP contribution in [0.25, 0.3) is 10.9 Å². The van der Waals surface area contributed by atoms with Gasteiger partial charge in [-0.1, -0.05) is 11.6 Å². The molecule has 1 aliphatic rings. The van der Waals surface area contributed by atoms with Gasteiger partial charge in [-0.15, -0.1) is 0 Å². The molecule has 0 aliphatic carbocycles. The van der Waals surface area contributed by atoms with E-state index in [-0.39, 0.29) is 5.91 Å². The first-order valence-corrected chi connectivity index (χ1v) is 10.1. The highest BCUT2D eigenvalue weighted by Crippen LogP contribution is 2.22. The maximum absolute atomic E-state index is 12.4. The van der Waals surface area contributed by atoms with Crippen LogP contribution < -0.4 is 5.32 Å². The smallest absolute Gasteiger partial charge is 0.289 e. The topological polar surface area (TPSA) is 76.9 Å². The average molecular weight is 414 g/mol. The van der Waals surface area contributed by atoms with Crippen LogP contribution >= 0.6 is 11.6 Å². The highest BCUT2D eigenvalue weighted by molar-refractivity contribution is 6.31. The molecule has 0 atom stereocenters. The third-order valence-corrected chi connectivity index (χ3v) is 5.45. The van der Waals surface area contributed by atoms with Gasteiger partial charge in [-0.05, 0) is 42.3 Å². The minimum atomic E-state index is -0.0596. The van der Waals surface area contributed by atoms with Crippen LogP contribution in [0.4, 0.5) is 0 Å². The average Bonchev–Trinajstić information content (AvgIpc) is 3.41. The summed E-state index contributed by atoms with van der Waals surface area (Å²) in [5, 5.41) is 5.33. The van der Waals surface area contributed by atoms with Crippen LogP contribution in [0.2, 0.25) is 5.02 Å². The minimum absolute atomic E-state index is 0.0596. The quantitative estimate of drug-likeness (QED) is 0.509. The number of hydrogen-bond acceptors (Lipinski definition) is 3. The predicted octanol–water partition coefficient (Wildman–Crippen LogP) is 2.99. The number of carbonyl (C=O) groups excluding carboxylic acids is 1. The SMILES string of the molecule is CN=C(NCCc1c[nH]c2ccc(Cl)cc12)N1CCN(C(=O)c2ccco2)CC1. The van der Waals surface area contributed by atoms with Crippen molar-refractivity contribution in [2.45, 2.75) is 6.42 Å². The Morgan fingerprint density at radius 1 is 1.24 bits per heavy atom. The van der Waals surface area contributed by atoms with Crippen LogP contribution in [-0.2, 0) is 6.42 Å². The number of guanidine groups is 1. The van der Waals surface area contributed by atoms with Crippen molar-refractivity contribution in [3.63, 3.8) is 0 Å². The largest absolute Gasteiger partial charge is 0.459 e. The number of benzene rings is 1. The molecule has 7 nitrogen and oxygen atoms in total. The van der Waals surface area contributed by atoms with Gasteiger partial charge in [-0.25, -0.2) is 0 Å². The van der Waals surface area contributed by atoms with Crippen LogP contribution in [0.3, 0.4) is 0 Å². The summed E-state index contributed by atoms with van der Waals surface area (Å²) in [6.07, 6.45) is 4.41. The number of amides is 1. The lowest BCUT2D eigenvalue weighted by molar-refractivity contribution is 0.0658. The number of rotatable bonds is 4. The summed E-state index contributed by atoms with van der Waals surface area (Å²) in [7, 11) is 1.79. The third kappa shape index (κ3) is 4.24. The zero-order chi connectivity index (χ0) is 20.2. The normalized spacial score (nSPS) is 15.2. The molecule has 152 valence electrons. The first-order chi connectivity index (χ1) is 14.2. The number of halogens is 1. The van der Waals surface area contributed by atoms with Crippen molar-refractivity contribution in [3.8, 4) is 0 Å². The minimum Gasteiger partial charge on any atom is -0.459 e. The summed E-state index contributed by atoms with van der Waals surface area (Å²) in [5.74, 6) is 1.18. The second-order valence-electron chi connectivity index (χ2n) is 6.98. The number of aromatic amines is 1. The van der Waals surface area contributed by atoms with Crippen molar-refractivity contribution in [1.29, 1.82) is 0 Å². The molecule has 0 spiro atoms. The van der Waals surface area contributed by atoms with Crippen LogP contribution in [-0.4, -0.2) is 66.4 Å². The van der Waals surface area contributed by atoms with Crippen LogP contribution in [0.5, 0.6) is 0 Å². The first kappa shape index (κ1) is 19.4. The Labute approximate surface area is 174 Å². The monoisotopic (exact) mass is 413 g/mol. The number of nitrogens with zero attached hydrogens (tertiary/aromatic N) is 3. The summed E-state index contributed by atoms with van der Waals surface area (Å²) >= 11 is 6.13. The Morgan fingerprint density at radius 2 is 2.03 bits per heavy atom. The lowest BCUT2D eigenvalue weighted by Gasteiger charge is -2.36. The fourth-order valence-electron chi connectivity index (χ4n) is 3.68. The molecule has 0 radical (unpaired) electrons. The summed E-state index contributed by atoms with van der Waals surface area (Å²) in [5.41, 5.74) is 2.31. The van der Waals surface area contributed by atoms with Crippen molar-refractivity contribution in [2.75, 3.05) is 39.8 Å². The van der Waals surface area contributed by atoms with Gasteiger partial charge in [0.05, 0.1) is 6.26 Å². The van der Waals surface area contributed by atoms with Gasteiger partial charge in [-0.3, -0.25) is 9.79 Å². The van der Waals surface area contributed by atoms with Crippen LogP contribution in [0, 0.1) is 0 Å². The number of H-pyrrole nitrogens is 1. The van der Waals surface area contributed by atoms with Crippen molar-refractivity contribution >= 4 is 34.4 Å². The van der Waals surface area contributed by atoms with Gasteiger partial charge < -0.3 is 24.5 Å². The molecule has 0 unspecified atom stereocenters. The molecule has 0 bridgehead atoms. The molecule has 3 aromatic rings. The number of piperazine rings is 1. The second-order valence-corrected chi connectivity index (χ2v) is 7.42. The highest BCUT2D eigenvalue weighted by atomic mass is 35.5. The van der Waals surface area contributed by atoms with E-state index in [2.05, 4.69) is 20.2 Å². The molecule has 1 fully saturated rings. The standard InChI is InChI=1S/C21H24ClN5O2/c1-23-21(24-7-6-15-14-25-18-5-4-16(22)13-17(15)18)27-10-8-26(9-11-27)20(28)19-3-2-12-29-19/h2-5,12-14,25H,6-11H2,1H3,(H,23,24). The van der Waals surface area contributed by atoms with Crippen LogP contribution in [0.15, 0.2) is 52.2 Å². The number of aromatic nitrogens is 1. The molecular formula is C21H24ClN5O2. The van der Waals surface area contributed by atoms with E-state index < -0.39 is 0 Å². The number of fused-ring (bicyclic) bond motifs is 1. The maximum atomic E-state index is 12.4. The Bertz CT molecular complexity index is 1000. The maximum Gasteiger partial charge on any atom is 0.289 e. The fraction of sp³-hybridized carbons (Fsp3) is 0.333. The zero-order valence-electron chi connectivity index (χ0n) is 16.3. The van der Waals surface area contributed by atoms with E-state index in [1.807, 2.05) is 29.3 Å². The predicted molar refractivity (Wildman–Crippen MR) is 115 cm³/mol. The molecule has 1 aliphatic heterocycles. The molecular weight excluding hydrogens is 390 g/mol. The summed E-state index contributed by atoms with van der Waals surface area (Å²) in [6, 6.07) is 9.31.